The number of nitrogens with zero attached hydrogens (tertiary/aromatic N) is 2. The highest BCUT2D eigenvalue weighted by molar-refractivity contribution is 7.07. The largest absolute Gasteiger partial charge is 0.497 e. The molecule has 27 heavy (non-hydrogen) atoms. The van der Waals surface area contributed by atoms with Crippen molar-refractivity contribution < 1.29 is 9.53 Å². The van der Waals surface area contributed by atoms with Gasteiger partial charge in [-0.05, 0) is 53.6 Å². The first-order chi connectivity index (χ1) is 13.2. The van der Waals surface area contributed by atoms with Crippen molar-refractivity contribution in [2.45, 2.75) is 18.9 Å². The summed E-state index contributed by atoms with van der Waals surface area (Å²) in [7, 11) is 3.82. The maximum atomic E-state index is 12.4. The SMILES string of the molecule is COc1ccc(CCC(=O)NC[C@H](c2ccsc2)N2CCN(C)CC2)cc1. The summed E-state index contributed by atoms with van der Waals surface area (Å²) in [6, 6.07) is 10.3. The van der Waals surface area contributed by atoms with Gasteiger partial charge >= 0.3 is 0 Å². The molecular weight excluding hydrogens is 358 g/mol. The molecule has 1 fully saturated rings. The summed E-state index contributed by atoms with van der Waals surface area (Å²) in [5.41, 5.74) is 2.46. The van der Waals surface area contributed by atoms with Gasteiger partial charge in [0.25, 0.3) is 0 Å². The summed E-state index contributed by atoms with van der Waals surface area (Å²) in [5, 5.41) is 7.47. The minimum atomic E-state index is 0.111. The van der Waals surface area contributed by atoms with E-state index in [9.17, 15) is 4.79 Å². The van der Waals surface area contributed by atoms with E-state index in [1.54, 1.807) is 18.4 Å². The van der Waals surface area contributed by atoms with Gasteiger partial charge in [0.1, 0.15) is 5.75 Å². The van der Waals surface area contributed by atoms with Crippen molar-refractivity contribution in [1.82, 2.24) is 15.1 Å². The Balaban J connectivity index is 1.51. The number of ether oxygens (including phenoxy) is 1. The van der Waals surface area contributed by atoms with Crippen molar-refractivity contribution in [3.8, 4) is 5.75 Å². The second-order valence-electron chi connectivity index (χ2n) is 7.06. The Labute approximate surface area is 165 Å². The predicted molar refractivity (Wildman–Crippen MR) is 110 cm³/mol. The molecule has 1 aliphatic rings. The molecule has 0 aliphatic carbocycles. The van der Waals surface area contributed by atoms with E-state index in [-0.39, 0.29) is 11.9 Å². The number of aryl methyl sites for hydroxylation is 1. The van der Waals surface area contributed by atoms with Crippen molar-refractivity contribution in [2.24, 2.45) is 0 Å². The summed E-state index contributed by atoms with van der Waals surface area (Å²) in [6.45, 7) is 4.90. The smallest absolute Gasteiger partial charge is 0.220 e. The molecule has 1 aliphatic heterocycles. The molecule has 0 unspecified atom stereocenters. The number of likely N-dealkylation sites (N-methyl/N-ethyl adjacent to an activating group) is 1. The number of piperazine rings is 1. The molecule has 1 amide bonds. The minimum absolute atomic E-state index is 0.111. The third-order valence-corrected chi connectivity index (χ3v) is 5.90. The lowest BCUT2D eigenvalue weighted by molar-refractivity contribution is -0.121. The van der Waals surface area contributed by atoms with Crippen molar-refractivity contribution in [3.63, 3.8) is 0 Å². The second kappa shape index (κ2) is 9.88. The molecule has 1 aromatic carbocycles. The quantitative estimate of drug-likeness (QED) is 0.757. The van der Waals surface area contributed by atoms with Crippen LogP contribution in [0.2, 0.25) is 0 Å². The van der Waals surface area contributed by atoms with Gasteiger partial charge in [-0.2, -0.15) is 11.3 Å². The average molecular weight is 388 g/mol. The van der Waals surface area contributed by atoms with Gasteiger partial charge in [0.15, 0.2) is 0 Å². The predicted octanol–water partition coefficient (Wildman–Crippen LogP) is 2.79. The van der Waals surface area contributed by atoms with Gasteiger partial charge in [0, 0.05) is 39.1 Å². The van der Waals surface area contributed by atoms with E-state index in [1.165, 1.54) is 5.56 Å². The highest BCUT2D eigenvalue weighted by Crippen LogP contribution is 2.23. The lowest BCUT2D eigenvalue weighted by Gasteiger charge is -2.38. The molecule has 0 radical (unpaired) electrons. The second-order valence-corrected chi connectivity index (χ2v) is 7.84. The summed E-state index contributed by atoms with van der Waals surface area (Å²) in [6.07, 6.45) is 1.25. The van der Waals surface area contributed by atoms with Gasteiger partial charge in [-0.15, -0.1) is 0 Å². The van der Waals surface area contributed by atoms with Gasteiger partial charge < -0.3 is 15.0 Å². The molecule has 1 N–H and O–H groups in total. The van der Waals surface area contributed by atoms with Crippen LogP contribution in [0.15, 0.2) is 41.1 Å². The Bertz CT molecular complexity index is 695. The number of amides is 1. The molecule has 0 spiro atoms. The van der Waals surface area contributed by atoms with E-state index in [1.807, 2.05) is 24.3 Å². The Morgan fingerprint density at radius 2 is 1.93 bits per heavy atom. The van der Waals surface area contributed by atoms with Crippen LogP contribution < -0.4 is 10.1 Å². The van der Waals surface area contributed by atoms with E-state index < -0.39 is 0 Å². The van der Waals surface area contributed by atoms with Crippen molar-refractivity contribution in [1.29, 1.82) is 0 Å². The summed E-state index contributed by atoms with van der Waals surface area (Å²) in [5.74, 6) is 0.953. The van der Waals surface area contributed by atoms with E-state index in [4.69, 9.17) is 4.74 Å². The number of rotatable bonds is 8. The third-order valence-electron chi connectivity index (χ3n) is 5.20. The number of carbonyl (C=O) groups is 1. The van der Waals surface area contributed by atoms with Gasteiger partial charge in [0.05, 0.1) is 13.2 Å². The highest BCUT2D eigenvalue weighted by atomic mass is 32.1. The van der Waals surface area contributed by atoms with Crippen LogP contribution in [0.25, 0.3) is 0 Å². The monoisotopic (exact) mass is 387 g/mol. The zero-order valence-electron chi connectivity index (χ0n) is 16.2. The molecule has 6 heteroatoms. The zero-order chi connectivity index (χ0) is 19.1. The number of benzene rings is 1. The number of hydrogen-bond acceptors (Lipinski definition) is 5. The molecule has 5 nitrogen and oxygen atoms in total. The van der Waals surface area contributed by atoms with E-state index in [0.29, 0.717) is 13.0 Å². The van der Waals surface area contributed by atoms with Crippen LogP contribution in [-0.4, -0.2) is 62.6 Å². The first kappa shape index (κ1) is 19.9. The molecule has 3 rings (SSSR count). The first-order valence-corrected chi connectivity index (χ1v) is 10.4. The molecule has 2 heterocycles. The van der Waals surface area contributed by atoms with Gasteiger partial charge in [0.2, 0.25) is 5.91 Å². The van der Waals surface area contributed by atoms with Crippen LogP contribution in [0.3, 0.4) is 0 Å². The third kappa shape index (κ3) is 5.79. The van der Waals surface area contributed by atoms with Crippen LogP contribution in [0.1, 0.15) is 23.6 Å². The van der Waals surface area contributed by atoms with E-state index in [0.717, 1.165) is 43.9 Å². The number of hydrogen-bond donors (Lipinski definition) is 1. The zero-order valence-corrected chi connectivity index (χ0v) is 17.0. The van der Waals surface area contributed by atoms with E-state index in [2.05, 4.69) is 39.0 Å². The fourth-order valence-electron chi connectivity index (χ4n) is 3.40. The van der Waals surface area contributed by atoms with Gasteiger partial charge in [-0.1, -0.05) is 12.1 Å². The standard InChI is InChI=1S/C21H29N3O2S/c1-23-10-12-24(13-11-23)20(18-9-14-27-16-18)15-22-21(25)8-5-17-3-6-19(26-2)7-4-17/h3-4,6-7,9,14,16,20H,5,8,10-13,15H2,1-2H3,(H,22,25)/t20-/m1/s1. The van der Waals surface area contributed by atoms with Crippen molar-refractivity contribution in [3.05, 3.63) is 52.2 Å². The van der Waals surface area contributed by atoms with Crippen LogP contribution in [0.5, 0.6) is 5.75 Å². The Kier molecular flexibility index (Phi) is 7.26. The first-order valence-electron chi connectivity index (χ1n) is 9.50. The maximum Gasteiger partial charge on any atom is 0.220 e. The fraction of sp³-hybridized carbons (Fsp3) is 0.476. The van der Waals surface area contributed by atoms with Gasteiger partial charge in [-0.25, -0.2) is 0 Å². The summed E-state index contributed by atoms with van der Waals surface area (Å²) >= 11 is 1.72. The van der Waals surface area contributed by atoms with Crippen LogP contribution in [0.4, 0.5) is 0 Å². The Hall–Kier alpha value is -1.89. The molecule has 1 saturated heterocycles. The lowest BCUT2D eigenvalue weighted by atomic mass is 10.1. The van der Waals surface area contributed by atoms with Crippen LogP contribution in [0, 0.1) is 0 Å². The topological polar surface area (TPSA) is 44.8 Å². The molecule has 2 aromatic rings. The molecular formula is C21H29N3O2S. The van der Waals surface area contributed by atoms with Gasteiger partial charge in [-0.3, -0.25) is 9.69 Å². The minimum Gasteiger partial charge on any atom is -0.497 e. The molecule has 0 saturated carbocycles. The van der Waals surface area contributed by atoms with Crippen LogP contribution in [-0.2, 0) is 11.2 Å². The number of methoxy groups -OCH3 is 1. The average Bonchev–Trinajstić information content (AvgIpc) is 3.23. The molecule has 1 aromatic heterocycles. The number of thiophene rings is 1. The molecule has 1 atom stereocenters. The molecule has 146 valence electrons. The summed E-state index contributed by atoms with van der Waals surface area (Å²) < 4.78 is 5.17. The fourth-order valence-corrected chi connectivity index (χ4v) is 4.11. The Morgan fingerprint density at radius 3 is 2.56 bits per heavy atom. The van der Waals surface area contributed by atoms with Crippen molar-refractivity contribution >= 4 is 17.2 Å². The summed E-state index contributed by atoms with van der Waals surface area (Å²) in [4.78, 5) is 17.2. The molecule has 0 bridgehead atoms. The number of nitrogens with one attached hydrogen (secondary N) is 1. The van der Waals surface area contributed by atoms with Crippen LogP contribution >= 0.6 is 11.3 Å². The Morgan fingerprint density at radius 1 is 1.19 bits per heavy atom. The lowest BCUT2D eigenvalue weighted by Crippen LogP contribution is -2.48. The maximum absolute atomic E-state index is 12.4. The number of carbonyl (C=O) groups excluding carboxylic acids is 1. The highest BCUT2D eigenvalue weighted by Gasteiger charge is 2.24. The van der Waals surface area contributed by atoms with E-state index >= 15 is 0 Å². The normalized spacial score (nSPS) is 16.8. The van der Waals surface area contributed by atoms with Crippen molar-refractivity contribution in [2.75, 3.05) is 46.9 Å².